The standard InChI is InChI=1S/C26H25F2N3O3/c1-2-31-22-15-18(23(33)29-16-25(27,28)17-32)13-14-21(22)30-24(31)26(34,19-9-5-3-6-10-19)20-11-7-4-8-12-20/h3-15,32,34H,2,16-17H2,1H3,(H,29,33). The molecule has 0 aliphatic heterocycles. The summed E-state index contributed by atoms with van der Waals surface area (Å²) >= 11 is 0. The minimum Gasteiger partial charge on any atom is -0.390 e. The Hall–Kier alpha value is -3.62. The number of aliphatic hydroxyl groups is 2. The number of nitrogens with zero attached hydrogens (tertiary/aromatic N) is 2. The van der Waals surface area contributed by atoms with E-state index in [1.807, 2.05) is 72.2 Å². The Morgan fingerprint density at radius 3 is 2.12 bits per heavy atom. The van der Waals surface area contributed by atoms with Gasteiger partial charge < -0.3 is 20.1 Å². The van der Waals surface area contributed by atoms with Gasteiger partial charge in [-0.25, -0.2) is 13.8 Å². The molecule has 0 spiro atoms. The third kappa shape index (κ3) is 4.30. The Morgan fingerprint density at radius 1 is 1.00 bits per heavy atom. The molecule has 0 aliphatic rings. The van der Waals surface area contributed by atoms with E-state index < -0.39 is 30.6 Å². The average Bonchev–Trinajstić information content (AvgIpc) is 3.26. The van der Waals surface area contributed by atoms with E-state index in [1.54, 1.807) is 12.1 Å². The molecule has 3 aromatic carbocycles. The fraction of sp³-hybridized carbons (Fsp3) is 0.231. The highest BCUT2D eigenvalue weighted by molar-refractivity contribution is 5.97. The van der Waals surface area contributed by atoms with Crippen molar-refractivity contribution in [2.24, 2.45) is 0 Å². The molecule has 0 aliphatic carbocycles. The number of amides is 1. The lowest BCUT2D eigenvalue weighted by Crippen LogP contribution is -2.38. The fourth-order valence-corrected chi connectivity index (χ4v) is 4.01. The molecule has 1 heterocycles. The molecular formula is C26H25F2N3O3. The van der Waals surface area contributed by atoms with E-state index in [2.05, 4.69) is 5.32 Å². The van der Waals surface area contributed by atoms with Gasteiger partial charge in [0.15, 0.2) is 11.4 Å². The molecule has 3 N–H and O–H groups in total. The Kier molecular flexibility index (Phi) is 6.45. The highest BCUT2D eigenvalue weighted by Crippen LogP contribution is 2.37. The van der Waals surface area contributed by atoms with Crippen LogP contribution in [0.25, 0.3) is 11.0 Å². The molecule has 6 nitrogen and oxygen atoms in total. The van der Waals surface area contributed by atoms with Crippen LogP contribution in [0.15, 0.2) is 78.9 Å². The largest absolute Gasteiger partial charge is 0.390 e. The molecule has 0 saturated carbocycles. The number of imidazole rings is 1. The summed E-state index contributed by atoms with van der Waals surface area (Å²) in [6.45, 7) is 0.0211. The first kappa shape index (κ1) is 23.5. The molecule has 0 saturated heterocycles. The average molecular weight is 466 g/mol. The third-order valence-electron chi connectivity index (χ3n) is 5.77. The second kappa shape index (κ2) is 9.32. The minimum atomic E-state index is -3.40. The highest BCUT2D eigenvalue weighted by Gasteiger charge is 2.38. The normalized spacial score (nSPS) is 12.1. The van der Waals surface area contributed by atoms with Gasteiger partial charge in [0.1, 0.15) is 6.61 Å². The second-order valence-corrected chi connectivity index (χ2v) is 8.02. The maximum Gasteiger partial charge on any atom is 0.287 e. The molecule has 1 amide bonds. The van der Waals surface area contributed by atoms with Crippen LogP contribution in [0, 0.1) is 0 Å². The van der Waals surface area contributed by atoms with Gasteiger partial charge in [-0.1, -0.05) is 60.7 Å². The first-order chi connectivity index (χ1) is 16.3. The van der Waals surface area contributed by atoms with Crippen molar-refractivity contribution in [1.29, 1.82) is 0 Å². The van der Waals surface area contributed by atoms with E-state index >= 15 is 0 Å². The monoisotopic (exact) mass is 465 g/mol. The second-order valence-electron chi connectivity index (χ2n) is 8.02. The lowest BCUT2D eigenvalue weighted by atomic mass is 9.85. The molecule has 34 heavy (non-hydrogen) atoms. The Balaban J connectivity index is 1.83. The van der Waals surface area contributed by atoms with E-state index in [4.69, 9.17) is 10.1 Å². The summed E-state index contributed by atoms with van der Waals surface area (Å²) < 4.78 is 28.5. The number of alkyl halides is 2. The number of halogens is 2. The number of aryl methyl sites for hydroxylation is 1. The maximum absolute atomic E-state index is 13.4. The summed E-state index contributed by atoms with van der Waals surface area (Å²) in [5, 5.41) is 23.0. The van der Waals surface area contributed by atoms with E-state index in [-0.39, 0.29) is 5.56 Å². The number of aliphatic hydroxyl groups excluding tert-OH is 1. The van der Waals surface area contributed by atoms with E-state index in [9.17, 15) is 18.7 Å². The van der Waals surface area contributed by atoms with Crippen molar-refractivity contribution in [2.75, 3.05) is 13.2 Å². The molecule has 0 unspecified atom stereocenters. The Morgan fingerprint density at radius 2 is 1.59 bits per heavy atom. The SMILES string of the molecule is CCn1c(C(O)(c2ccccc2)c2ccccc2)nc2ccc(C(=O)NCC(F)(F)CO)cc21. The molecule has 4 aromatic rings. The first-order valence-electron chi connectivity index (χ1n) is 10.9. The van der Waals surface area contributed by atoms with Crippen molar-refractivity contribution in [3.63, 3.8) is 0 Å². The highest BCUT2D eigenvalue weighted by atomic mass is 19.3. The summed E-state index contributed by atoms with van der Waals surface area (Å²) in [7, 11) is 0. The number of benzene rings is 3. The van der Waals surface area contributed by atoms with Crippen LogP contribution in [-0.2, 0) is 12.1 Å². The van der Waals surface area contributed by atoms with Crippen LogP contribution in [0.2, 0.25) is 0 Å². The molecule has 4 rings (SSSR count). The van der Waals surface area contributed by atoms with Gasteiger partial charge in [-0.15, -0.1) is 0 Å². The van der Waals surface area contributed by atoms with Crippen LogP contribution in [0.5, 0.6) is 0 Å². The van der Waals surface area contributed by atoms with Gasteiger partial charge in [0.25, 0.3) is 11.8 Å². The molecule has 176 valence electrons. The zero-order valence-electron chi connectivity index (χ0n) is 18.6. The molecular weight excluding hydrogens is 440 g/mol. The van der Waals surface area contributed by atoms with Crippen molar-refractivity contribution < 1.29 is 23.8 Å². The van der Waals surface area contributed by atoms with Crippen LogP contribution in [0.1, 0.15) is 34.2 Å². The number of rotatable bonds is 8. The third-order valence-corrected chi connectivity index (χ3v) is 5.77. The smallest absolute Gasteiger partial charge is 0.287 e. The number of carbonyl (C=O) groups is 1. The van der Waals surface area contributed by atoms with Crippen molar-refractivity contribution in [2.45, 2.75) is 25.0 Å². The van der Waals surface area contributed by atoms with Gasteiger partial charge in [0.05, 0.1) is 17.6 Å². The lowest BCUT2D eigenvalue weighted by molar-refractivity contribution is -0.0462. The molecule has 0 bridgehead atoms. The Labute approximate surface area is 195 Å². The summed E-state index contributed by atoms with van der Waals surface area (Å²) in [5.41, 5.74) is 1.02. The summed E-state index contributed by atoms with van der Waals surface area (Å²) in [6.07, 6.45) is 0. The predicted molar refractivity (Wildman–Crippen MR) is 125 cm³/mol. The van der Waals surface area contributed by atoms with Crippen molar-refractivity contribution in [3.8, 4) is 0 Å². The molecule has 0 radical (unpaired) electrons. The van der Waals surface area contributed by atoms with Gasteiger partial charge in [-0.3, -0.25) is 4.79 Å². The predicted octanol–water partition coefficient (Wildman–Crippen LogP) is 3.70. The zero-order chi connectivity index (χ0) is 24.3. The van der Waals surface area contributed by atoms with Gasteiger partial charge >= 0.3 is 0 Å². The van der Waals surface area contributed by atoms with E-state index in [0.29, 0.717) is 34.5 Å². The van der Waals surface area contributed by atoms with Crippen LogP contribution in [0.3, 0.4) is 0 Å². The van der Waals surface area contributed by atoms with Gasteiger partial charge in [0, 0.05) is 12.1 Å². The Bertz CT molecular complexity index is 1250. The number of nitrogens with one attached hydrogen (secondary N) is 1. The van der Waals surface area contributed by atoms with Crippen LogP contribution in [-0.4, -0.2) is 44.7 Å². The van der Waals surface area contributed by atoms with Crippen LogP contribution < -0.4 is 5.32 Å². The summed E-state index contributed by atoms with van der Waals surface area (Å²) in [4.78, 5) is 17.2. The molecule has 0 atom stereocenters. The van der Waals surface area contributed by atoms with Crippen molar-refractivity contribution in [1.82, 2.24) is 14.9 Å². The van der Waals surface area contributed by atoms with E-state index in [1.165, 1.54) is 6.07 Å². The van der Waals surface area contributed by atoms with Gasteiger partial charge in [-0.2, -0.15) is 0 Å². The lowest BCUT2D eigenvalue weighted by Gasteiger charge is -2.29. The molecule has 1 aromatic heterocycles. The van der Waals surface area contributed by atoms with Crippen LogP contribution in [0.4, 0.5) is 8.78 Å². The topological polar surface area (TPSA) is 87.4 Å². The number of hydrogen-bond donors (Lipinski definition) is 3. The number of aromatic nitrogens is 2. The zero-order valence-corrected chi connectivity index (χ0v) is 18.6. The number of fused-ring (bicyclic) bond motifs is 1. The van der Waals surface area contributed by atoms with Crippen molar-refractivity contribution in [3.05, 3.63) is 101 Å². The van der Waals surface area contributed by atoms with E-state index in [0.717, 1.165) is 0 Å². The number of hydrogen-bond acceptors (Lipinski definition) is 4. The minimum absolute atomic E-state index is 0.172. The maximum atomic E-state index is 13.4. The fourth-order valence-electron chi connectivity index (χ4n) is 4.01. The summed E-state index contributed by atoms with van der Waals surface area (Å²) in [6, 6.07) is 23.1. The van der Waals surface area contributed by atoms with Crippen molar-refractivity contribution >= 4 is 16.9 Å². The van der Waals surface area contributed by atoms with Gasteiger partial charge in [0.2, 0.25) is 0 Å². The van der Waals surface area contributed by atoms with Gasteiger partial charge in [-0.05, 0) is 36.2 Å². The first-order valence-corrected chi connectivity index (χ1v) is 10.9. The molecule has 0 fully saturated rings. The number of carbonyl (C=O) groups excluding carboxylic acids is 1. The quantitative estimate of drug-likeness (QED) is 0.370. The molecule has 8 heteroatoms. The summed E-state index contributed by atoms with van der Waals surface area (Å²) in [5.74, 6) is -3.71. The van der Waals surface area contributed by atoms with Crippen LogP contribution >= 0.6 is 0 Å².